The molecule has 2 N–H and O–H groups in total. The van der Waals surface area contributed by atoms with Crippen molar-refractivity contribution in [3.05, 3.63) is 23.8 Å². The van der Waals surface area contributed by atoms with Crippen molar-refractivity contribution < 1.29 is 42.9 Å². The second kappa shape index (κ2) is 15.0. The molecular formula is C25H37NO9. The van der Waals surface area contributed by atoms with Gasteiger partial charge in [0.2, 0.25) is 0 Å². The van der Waals surface area contributed by atoms with Gasteiger partial charge < -0.3 is 29.4 Å². The summed E-state index contributed by atoms with van der Waals surface area (Å²) in [6.07, 6.45) is -1.03. The first-order valence-electron chi connectivity index (χ1n) is 11.8. The fourth-order valence-corrected chi connectivity index (χ4v) is 2.77. The topological polar surface area (TPSA) is 140 Å². The van der Waals surface area contributed by atoms with Crippen LogP contribution in [0.2, 0.25) is 0 Å². The van der Waals surface area contributed by atoms with E-state index in [1.54, 1.807) is 33.8 Å². The van der Waals surface area contributed by atoms with Crippen LogP contribution in [0.15, 0.2) is 18.2 Å². The summed E-state index contributed by atoms with van der Waals surface area (Å²) in [5.74, 6) is -1.44. The summed E-state index contributed by atoms with van der Waals surface area (Å²) in [7, 11) is 0. The van der Waals surface area contributed by atoms with E-state index in [0.29, 0.717) is 18.4 Å². The minimum absolute atomic E-state index is 0.0672. The number of carbonyl (C=O) groups excluding carboxylic acids is 4. The monoisotopic (exact) mass is 495 g/mol. The van der Waals surface area contributed by atoms with Gasteiger partial charge in [-0.2, -0.15) is 0 Å². The molecule has 0 heterocycles. The van der Waals surface area contributed by atoms with E-state index in [0.717, 1.165) is 0 Å². The van der Waals surface area contributed by atoms with Crippen LogP contribution in [0.4, 0.5) is 4.79 Å². The van der Waals surface area contributed by atoms with Crippen LogP contribution in [0.25, 0.3) is 0 Å². The second-order valence-electron chi connectivity index (χ2n) is 8.42. The number of ether oxygens (including phenoxy) is 5. The lowest BCUT2D eigenvalue weighted by molar-refractivity contribution is -0.155. The molecule has 3 atom stereocenters. The smallest absolute Gasteiger partial charge is 0.458 e. The van der Waals surface area contributed by atoms with Crippen LogP contribution in [-0.2, 0) is 35.0 Å². The van der Waals surface area contributed by atoms with Crippen molar-refractivity contribution in [3.8, 4) is 11.5 Å². The van der Waals surface area contributed by atoms with Crippen LogP contribution in [0.5, 0.6) is 11.5 Å². The molecular weight excluding hydrogens is 458 g/mol. The van der Waals surface area contributed by atoms with E-state index in [4.69, 9.17) is 29.4 Å². The van der Waals surface area contributed by atoms with Gasteiger partial charge in [-0.15, -0.1) is 0 Å². The number of hydrogen-bond donors (Lipinski definition) is 1. The highest BCUT2D eigenvalue weighted by Crippen LogP contribution is 2.30. The Morgan fingerprint density at radius 1 is 0.800 bits per heavy atom. The van der Waals surface area contributed by atoms with Crippen molar-refractivity contribution in [2.75, 3.05) is 0 Å². The van der Waals surface area contributed by atoms with E-state index in [-0.39, 0.29) is 36.9 Å². The molecule has 0 bridgehead atoms. The average Bonchev–Trinajstić information content (AvgIpc) is 2.75. The quantitative estimate of drug-likeness (QED) is 0.317. The molecule has 0 amide bonds. The Morgan fingerprint density at radius 3 is 1.89 bits per heavy atom. The number of nitrogens with two attached hydrogens (primary N) is 1. The number of esters is 3. The SMILES string of the molecule is CCCC(=O)Oc1ccc(C[C@H](N)C(=O)O[C@@H](C)C(C)OC(=O)OC(C)C)cc1OC(=O)CCC. The molecule has 0 fully saturated rings. The molecule has 0 saturated heterocycles. The van der Waals surface area contributed by atoms with Crippen LogP contribution in [0, 0.1) is 0 Å². The first-order chi connectivity index (χ1) is 16.5. The van der Waals surface area contributed by atoms with E-state index in [2.05, 4.69) is 0 Å². The molecule has 0 aliphatic heterocycles. The van der Waals surface area contributed by atoms with Gasteiger partial charge in [0.1, 0.15) is 18.2 Å². The largest absolute Gasteiger partial charge is 0.508 e. The minimum atomic E-state index is -1.04. The molecule has 1 unspecified atom stereocenters. The summed E-state index contributed by atoms with van der Waals surface area (Å²) in [5.41, 5.74) is 6.59. The van der Waals surface area contributed by atoms with Crippen molar-refractivity contribution >= 4 is 24.1 Å². The Kier molecular flexibility index (Phi) is 12.8. The van der Waals surface area contributed by atoms with Crippen LogP contribution < -0.4 is 15.2 Å². The molecule has 35 heavy (non-hydrogen) atoms. The predicted molar refractivity (Wildman–Crippen MR) is 127 cm³/mol. The van der Waals surface area contributed by atoms with Gasteiger partial charge in [0.25, 0.3) is 0 Å². The zero-order valence-electron chi connectivity index (χ0n) is 21.3. The fraction of sp³-hybridized carbons (Fsp3) is 0.600. The van der Waals surface area contributed by atoms with Crippen molar-refractivity contribution in [3.63, 3.8) is 0 Å². The van der Waals surface area contributed by atoms with Crippen molar-refractivity contribution in [2.24, 2.45) is 5.73 Å². The van der Waals surface area contributed by atoms with Gasteiger partial charge in [-0.05, 0) is 64.7 Å². The summed E-state index contributed by atoms with van der Waals surface area (Å²) in [6, 6.07) is 3.58. The van der Waals surface area contributed by atoms with Crippen LogP contribution in [0.1, 0.15) is 72.8 Å². The lowest BCUT2D eigenvalue weighted by Gasteiger charge is -2.22. The molecule has 10 nitrogen and oxygen atoms in total. The minimum Gasteiger partial charge on any atom is -0.458 e. The zero-order valence-corrected chi connectivity index (χ0v) is 21.3. The summed E-state index contributed by atoms with van der Waals surface area (Å²) < 4.78 is 26.0. The number of benzene rings is 1. The molecule has 1 rings (SSSR count). The number of carbonyl (C=O) groups is 4. The molecule has 1 aromatic carbocycles. The Morgan fingerprint density at radius 2 is 1.34 bits per heavy atom. The summed E-state index contributed by atoms with van der Waals surface area (Å²) in [6.45, 7) is 10.2. The van der Waals surface area contributed by atoms with Crippen molar-refractivity contribution in [1.29, 1.82) is 0 Å². The fourth-order valence-electron chi connectivity index (χ4n) is 2.77. The van der Waals surface area contributed by atoms with Crippen molar-refractivity contribution in [1.82, 2.24) is 0 Å². The first kappa shape index (κ1) is 29.9. The maximum atomic E-state index is 12.5. The summed E-state index contributed by atoms with van der Waals surface area (Å²) in [5, 5.41) is 0. The van der Waals surface area contributed by atoms with Crippen LogP contribution in [0.3, 0.4) is 0 Å². The van der Waals surface area contributed by atoms with Gasteiger partial charge in [0.15, 0.2) is 11.5 Å². The molecule has 0 aliphatic rings. The lowest BCUT2D eigenvalue weighted by Crippen LogP contribution is -2.39. The summed E-state index contributed by atoms with van der Waals surface area (Å²) >= 11 is 0. The molecule has 0 aliphatic carbocycles. The Balaban J connectivity index is 2.85. The van der Waals surface area contributed by atoms with E-state index < -0.39 is 42.3 Å². The number of rotatable bonds is 13. The molecule has 0 spiro atoms. The molecule has 0 radical (unpaired) electrons. The van der Waals surface area contributed by atoms with Gasteiger partial charge in [0.05, 0.1) is 6.10 Å². The van der Waals surface area contributed by atoms with Gasteiger partial charge in [0, 0.05) is 12.8 Å². The Hall–Kier alpha value is -3.14. The van der Waals surface area contributed by atoms with E-state index in [1.165, 1.54) is 12.1 Å². The van der Waals surface area contributed by atoms with Crippen LogP contribution >= 0.6 is 0 Å². The Labute approximate surface area is 206 Å². The van der Waals surface area contributed by atoms with Crippen LogP contribution in [-0.4, -0.2) is 48.4 Å². The highest BCUT2D eigenvalue weighted by Gasteiger charge is 2.25. The molecule has 10 heteroatoms. The van der Waals surface area contributed by atoms with Gasteiger partial charge >= 0.3 is 24.1 Å². The summed E-state index contributed by atoms with van der Waals surface area (Å²) in [4.78, 5) is 48.1. The average molecular weight is 496 g/mol. The zero-order chi connectivity index (χ0) is 26.5. The standard InChI is InChI=1S/C25H37NO9/c1-7-9-22(27)34-20-12-11-18(14-21(20)35-23(28)10-8-2)13-19(26)24(29)32-16(5)17(6)33-25(30)31-15(3)4/h11-12,14-17,19H,7-10,13,26H2,1-6H3/t16-,17?,19-/m0/s1. The third-order valence-corrected chi connectivity index (χ3v) is 4.70. The third-order valence-electron chi connectivity index (χ3n) is 4.70. The van der Waals surface area contributed by atoms with Gasteiger partial charge in [-0.25, -0.2) is 4.79 Å². The Bertz CT molecular complexity index is 868. The van der Waals surface area contributed by atoms with E-state index in [1.807, 2.05) is 13.8 Å². The first-order valence-corrected chi connectivity index (χ1v) is 11.8. The second-order valence-corrected chi connectivity index (χ2v) is 8.42. The molecule has 1 aromatic rings. The molecule has 0 saturated carbocycles. The third kappa shape index (κ3) is 11.2. The predicted octanol–water partition coefficient (Wildman–Crippen LogP) is 3.85. The van der Waals surface area contributed by atoms with Gasteiger partial charge in [-0.1, -0.05) is 19.9 Å². The highest BCUT2D eigenvalue weighted by atomic mass is 16.7. The molecule has 0 aromatic heterocycles. The number of hydrogen-bond acceptors (Lipinski definition) is 10. The van der Waals surface area contributed by atoms with E-state index in [9.17, 15) is 19.2 Å². The molecule has 196 valence electrons. The van der Waals surface area contributed by atoms with E-state index >= 15 is 0 Å². The maximum absolute atomic E-state index is 12.5. The van der Waals surface area contributed by atoms with Crippen molar-refractivity contribution in [2.45, 2.75) is 98.0 Å². The normalized spacial score (nSPS) is 13.4. The highest BCUT2D eigenvalue weighted by molar-refractivity contribution is 5.77. The maximum Gasteiger partial charge on any atom is 0.508 e. The lowest BCUT2D eigenvalue weighted by atomic mass is 10.1. The van der Waals surface area contributed by atoms with Gasteiger partial charge in [-0.3, -0.25) is 14.4 Å².